The molecule has 0 aliphatic carbocycles. The number of carbonyl (C=O) groups excluding carboxylic acids is 1. The number of hydrogen-bond acceptors (Lipinski definition) is 4. The van der Waals surface area contributed by atoms with E-state index in [1.54, 1.807) is 0 Å². The number of rotatable bonds is 5. The molecule has 1 amide bonds. The van der Waals surface area contributed by atoms with Crippen molar-refractivity contribution in [1.82, 2.24) is 19.4 Å². The molecule has 0 bridgehead atoms. The van der Waals surface area contributed by atoms with Crippen molar-refractivity contribution < 1.29 is 4.79 Å². The molecule has 2 aromatic heterocycles. The first-order valence-electron chi connectivity index (χ1n) is 13.9. The molecule has 0 saturated carbocycles. The second-order valence-electron chi connectivity index (χ2n) is 10.9. The Balaban J connectivity index is 1.11. The van der Waals surface area contributed by atoms with Crippen molar-refractivity contribution in [1.29, 1.82) is 0 Å². The fourth-order valence-electron chi connectivity index (χ4n) is 6.18. The van der Waals surface area contributed by atoms with Gasteiger partial charge in [-0.15, -0.1) is 0 Å². The van der Waals surface area contributed by atoms with Crippen molar-refractivity contribution >= 4 is 39.8 Å². The van der Waals surface area contributed by atoms with E-state index in [1.807, 2.05) is 36.3 Å². The molecule has 1 atom stereocenters. The van der Waals surface area contributed by atoms with Crippen LogP contribution in [0.15, 0.2) is 60.8 Å². The number of hydrogen-bond donors (Lipinski definition) is 1. The van der Waals surface area contributed by atoms with Crippen LogP contribution in [0.4, 0.5) is 11.4 Å². The Hall–Kier alpha value is -3.42. The molecule has 8 heteroatoms. The summed E-state index contributed by atoms with van der Waals surface area (Å²) in [4.78, 5) is 26.5. The van der Waals surface area contributed by atoms with E-state index in [9.17, 15) is 4.79 Å². The predicted molar refractivity (Wildman–Crippen MR) is 160 cm³/mol. The number of benzene rings is 2. The zero-order chi connectivity index (χ0) is 27.1. The Morgan fingerprint density at radius 3 is 2.46 bits per heavy atom. The first-order chi connectivity index (χ1) is 18.9. The molecule has 7 nitrogen and oxygen atoms in total. The summed E-state index contributed by atoms with van der Waals surface area (Å²) >= 11 is 6.43. The molecule has 2 fully saturated rings. The van der Waals surface area contributed by atoms with Crippen LogP contribution >= 0.6 is 11.6 Å². The summed E-state index contributed by atoms with van der Waals surface area (Å²) in [5.74, 6) is 0.126. The van der Waals surface area contributed by atoms with Crippen molar-refractivity contribution in [3.63, 3.8) is 0 Å². The van der Waals surface area contributed by atoms with E-state index in [2.05, 4.69) is 74.5 Å². The van der Waals surface area contributed by atoms with E-state index in [4.69, 9.17) is 11.6 Å². The number of amides is 1. The number of anilines is 2. The van der Waals surface area contributed by atoms with Gasteiger partial charge >= 0.3 is 0 Å². The van der Waals surface area contributed by atoms with Gasteiger partial charge in [-0.05, 0) is 49.7 Å². The summed E-state index contributed by atoms with van der Waals surface area (Å²) in [5, 5.41) is 2.03. The number of aromatic nitrogens is 2. The Morgan fingerprint density at radius 1 is 0.949 bits per heavy atom. The van der Waals surface area contributed by atoms with Crippen LogP contribution in [-0.2, 0) is 13.6 Å². The third-order valence-electron chi connectivity index (χ3n) is 8.61. The van der Waals surface area contributed by atoms with Gasteiger partial charge in [-0.2, -0.15) is 0 Å². The van der Waals surface area contributed by atoms with Crippen molar-refractivity contribution in [2.75, 3.05) is 55.6 Å². The number of H-pyrrole nitrogens is 1. The second kappa shape index (κ2) is 10.6. The van der Waals surface area contributed by atoms with E-state index >= 15 is 0 Å². The highest BCUT2D eigenvalue weighted by Gasteiger charge is 2.31. The summed E-state index contributed by atoms with van der Waals surface area (Å²) in [6.07, 6.45) is 1.99. The standard InChI is InChI=1S/C31H37ClN6O/c1-22-20-37(28-10-6-7-24-11-12-33-30(24)28)17-18-38(22)31(39)29-19-25(23(2)34(29)3)21-35-13-15-36(16-14-35)27-9-5-4-8-26(27)32/h4-12,19,22,33H,13-18,20-21H2,1-3H3. The molecule has 2 saturated heterocycles. The van der Waals surface area contributed by atoms with Gasteiger partial charge in [0.2, 0.25) is 0 Å². The molecular weight excluding hydrogens is 508 g/mol. The van der Waals surface area contributed by atoms with Crippen LogP contribution < -0.4 is 9.80 Å². The lowest BCUT2D eigenvalue weighted by Gasteiger charge is -2.41. The molecule has 4 heterocycles. The number of nitrogens with one attached hydrogen (secondary N) is 1. The Bertz CT molecular complexity index is 1480. The lowest BCUT2D eigenvalue weighted by atomic mass is 10.1. The quantitative estimate of drug-likeness (QED) is 0.378. The average molecular weight is 545 g/mol. The average Bonchev–Trinajstić information content (AvgIpc) is 3.54. The largest absolute Gasteiger partial charge is 0.368 e. The number of aromatic amines is 1. The molecule has 39 heavy (non-hydrogen) atoms. The number of nitrogens with zero attached hydrogens (tertiary/aromatic N) is 5. The fraction of sp³-hybridized carbons (Fsp3) is 0.387. The van der Waals surface area contributed by atoms with E-state index in [-0.39, 0.29) is 11.9 Å². The maximum Gasteiger partial charge on any atom is 0.270 e. The summed E-state index contributed by atoms with van der Waals surface area (Å²) in [6, 6.07) is 18.8. The van der Waals surface area contributed by atoms with Gasteiger partial charge in [0.15, 0.2) is 0 Å². The molecule has 2 aliphatic rings. The van der Waals surface area contributed by atoms with E-state index in [0.717, 1.165) is 67.9 Å². The molecule has 1 N–H and O–H groups in total. The van der Waals surface area contributed by atoms with E-state index in [0.29, 0.717) is 6.54 Å². The van der Waals surface area contributed by atoms with Crippen LogP contribution in [-0.4, -0.2) is 77.1 Å². The lowest BCUT2D eigenvalue weighted by molar-refractivity contribution is 0.0664. The highest BCUT2D eigenvalue weighted by atomic mass is 35.5. The van der Waals surface area contributed by atoms with Crippen molar-refractivity contribution in [2.45, 2.75) is 26.4 Å². The van der Waals surface area contributed by atoms with E-state index < -0.39 is 0 Å². The van der Waals surface area contributed by atoms with Gasteiger partial charge in [0.05, 0.1) is 21.9 Å². The molecular formula is C31H37ClN6O. The minimum Gasteiger partial charge on any atom is -0.368 e. The minimum absolute atomic E-state index is 0.119. The Morgan fingerprint density at radius 2 is 1.69 bits per heavy atom. The molecule has 1 unspecified atom stereocenters. The summed E-state index contributed by atoms with van der Waals surface area (Å²) in [6.45, 7) is 11.3. The third kappa shape index (κ3) is 4.90. The third-order valence-corrected chi connectivity index (χ3v) is 8.93. The number of halogens is 1. The summed E-state index contributed by atoms with van der Waals surface area (Å²) in [5.41, 5.74) is 6.67. The Labute approximate surface area is 235 Å². The fourth-order valence-corrected chi connectivity index (χ4v) is 6.44. The first-order valence-corrected chi connectivity index (χ1v) is 14.3. The van der Waals surface area contributed by atoms with Gasteiger partial charge in [-0.25, -0.2) is 0 Å². The van der Waals surface area contributed by atoms with Gasteiger partial charge < -0.3 is 24.3 Å². The highest BCUT2D eigenvalue weighted by Crippen LogP contribution is 2.29. The Kier molecular flexibility index (Phi) is 7.04. The number of para-hydroxylation sites is 2. The van der Waals surface area contributed by atoms with Crippen LogP contribution in [0.2, 0.25) is 5.02 Å². The van der Waals surface area contributed by atoms with Crippen molar-refractivity contribution in [3.8, 4) is 0 Å². The van der Waals surface area contributed by atoms with E-state index in [1.165, 1.54) is 22.2 Å². The first kappa shape index (κ1) is 25.8. The maximum atomic E-state index is 13.8. The van der Waals surface area contributed by atoms with Gasteiger partial charge in [-0.3, -0.25) is 9.69 Å². The topological polar surface area (TPSA) is 50.8 Å². The van der Waals surface area contributed by atoms with Gasteiger partial charge in [0.25, 0.3) is 5.91 Å². The van der Waals surface area contributed by atoms with Gasteiger partial charge in [0.1, 0.15) is 5.69 Å². The van der Waals surface area contributed by atoms with Crippen molar-refractivity contribution in [2.24, 2.45) is 7.05 Å². The maximum absolute atomic E-state index is 13.8. The molecule has 4 aromatic rings. The normalized spacial score (nSPS) is 18.8. The molecule has 0 spiro atoms. The predicted octanol–water partition coefficient (Wildman–Crippen LogP) is 5.14. The summed E-state index contributed by atoms with van der Waals surface area (Å²) in [7, 11) is 2.02. The van der Waals surface area contributed by atoms with Crippen molar-refractivity contribution in [3.05, 3.63) is 82.8 Å². The van der Waals surface area contributed by atoms with Gasteiger partial charge in [0, 0.05) is 82.7 Å². The zero-order valence-electron chi connectivity index (χ0n) is 23.0. The van der Waals surface area contributed by atoms with Crippen LogP contribution in [0.25, 0.3) is 10.9 Å². The molecule has 0 radical (unpaired) electrons. The summed E-state index contributed by atoms with van der Waals surface area (Å²) < 4.78 is 2.08. The zero-order valence-corrected chi connectivity index (χ0v) is 23.8. The molecule has 2 aromatic carbocycles. The molecule has 6 rings (SSSR count). The second-order valence-corrected chi connectivity index (χ2v) is 11.3. The number of piperazine rings is 2. The minimum atomic E-state index is 0.119. The number of carbonyl (C=O) groups is 1. The SMILES string of the molecule is Cc1c(CN2CCN(c3ccccc3Cl)CC2)cc(C(=O)N2CCN(c3cccc4cc[nH]c34)CC2C)n1C. The lowest BCUT2D eigenvalue weighted by Crippen LogP contribution is -2.54. The van der Waals surface area contributed by atoms with Gasteiger partial charge in [-0.1, -0.05) is 35.9 Å². The monoisotopic (exact) mass is 544 g/mol. The number of fused-ring (bicyclic) bond motifs is 1. The van der Waals surface area contributed by atoms with Crippen LogP contribution in [0, 0.1) is 6.92 Å². The smallest absolute Gasteiger partial charge is 0.270 e. The van der Waals surface area contributed by atoms with Crippen LogP contribution in [0.1, 0.15) is 28.7 Å². The molecule has 2 aliphatic heterocycles. The molecule has 204 valence electrons. The van der Waals surface area contributed by atoms with Crippen LogP contribution in [0.3, 0.4) is 0 Å². The van der Waals surface area contributed by atoms with Crippen LogP contribution in [0.5, 0.6) is 0 Å². The highest BCUT2D eigenvalue weighted by molar-refractivity contribution is 6.33.